The van der Waals surface area contributed by atoms with Gasteiger partial charge in [-0.05, 0) is 36.2 Å². The summed E-state index contributed by atoms with van der Waals surface area (Å²) in [6, 6.07) is 12.3. The van der Waals surface area contributed by atoms with E-state index >= 15 is 0 Å². The predicted molar refractivity (Wildman–Crippen MR) is 110 cm³/mol. The monoisotopic (exact) mass is 434 g/mol. The van der Waals surface area contributed by atoms with Gasteiger partial charge in [0.05, 0.1) is 11.1 Å². The highest BCUT2D eigenvalue weighted by molar-refractivity contribution is 5.96. The highest BCUT2D eigenvalue weighted by Gasteiger charge is 2.36. The van der Waals surface area contributed by atoms with E-state index in [1.807, 2.05) is 24.3 Å². The third-order valence-electron chi connectivity index (χ3n) is 5.21. The Bertz CT molecular complexity index is 905. The molecule has 0 spiro atoms. The highest BCUT2D eigenvalue weighted by Crippen LogP contribution is 2.32. The molecule has 1 heterocycles. The second-order valence-corrected chi connectivity index (χ2v) is 7.40. The Morgan fingerprint density at radius 3 is 2.16 bits per heavy atom. The fraction of sp³-hybridized carbons (Fsp3) is 0.391. The number of rotatable bonds is 6. The van der Waals surface area contributed by atoms with Gasteiger partial charge in [0, 0.05) is 26.2 Å². The van der Waals surface area contributed by atoms with Crippen LogP contribution in [0.3, 0.4) is 0 Å². The van der Waals surface area contributed by atoms with Crippen LogP contribution in [0.15, 0.2) is 48.5 Å². The zero-order valence-corrected chi connectivity index (χ0v) is 17.3. The summed E-state index contributed by atoms with van der Waals surface area (Å²) in [7, 11) is 0. The van der Waals surface area contributed by atoms with Crippen molar-refractivity contribution in [2.24, 2.45) is 0 Å². The molecule has 1 fully saturated rings. The van der Waals surface area contributed by atoms with E-state index in [0.29, 0.717) is 5.75 Å². The van der Waals surface area contributed by atoms with Crippen molar-refractivity contribution in [3.8, 4) is 5.75 Å². The first kappa shape index (κ1) is 22.7. The molecular formula is C23H25F3N2O3. The van der Waals surface area contributed by atoms with Gasteiger partial charge >= 0.3 is 6.18 Å². The summed E-state index contributed by atoms with van der Waals surface area (Å²) < 4.78 is 45.1. The smallest absolute Gasteiger partial charge is 0.417 e. The number of nitrogens with zero attached hydrogens (tertiary/aromatic N) is 2. The minimum Gasteiger partial charge on any atom is -0.484 e. The molecule has 166 valence electrons. The summed E-state index contributed by atoms with van der Waals surface area (Å²) >= 11 is 0. The zero-order chi connectivity index (χ0) is 22.4. The van der Waals surface area contributed by atoms with Gasteiger partial charge in [-0.25, -0.2) is 0 Å². The molecule has 0 aromatic heterocycles. The van der Waals surface area contributed by atoms with E-state index in [9.17, 15) is 22.8 Å². The van der Waals surface area contributed by atoms with Crippen molar-refractivity contribution in [2.75, 3.05) is 32.8 Å². The van der Waals surface area contributed by atoms with Crippen LogP contribution in [0.2, 0.25) is 0 Å². The van der Waals surface area contributed by atoms with Gasteiger partial charge in [-0.2, -0.15) is 13.2 Å². The van der Waals surface area contributed by atoms with Gasteiger partial charge < -0.3 is 14.5 Å². The quantitative estimate of drug-likeness (QED) is 0.690. The molecule has 5 nitrogen and oxygen atoms in total. The van der Waals surface area contributed by atoms with Gasteiger partial charge in [0.1, 0.15) is 5.75 Å². The standard InChI is InChI=1S/C23H25F3N2O3/c1-2-5-17-8-10-18(11-9-17)31-16-21(29)27-12-14-28(15-13-27)22(30)19-6-3-4-7-20(19)23(24,25)26/h3-4,6-11H,2,5,12-16H2,1H3. The van der Waals surface area contributed by atoms with E-state index in [0.717, 1.165) is 18.9 Å². The predicted octanol–water partition coefficient (Wildman–Crippen LogP) is 4.02. The van der Waals surface area contributed by atoms with Gasteiger partial charge in [-0.1, -0.05) is 37.6 Å². The Morgan fingerprint density at radius 1 is 0.935 bits per heavy atom. The van der Waals surface area contributed by atoms with Crippen LogP contribution in [0, 0.1) is 0 Å². The number of carbonyl (C=O) groups is 2. The minimum atomic E-state index is -4.60. The molecule has 2 amide bonds. The first-order valence-electron chi connectivity index (χ1n) is 10.2. The van der Waals surface area contributed by atoms with Crippen molar-refractivity contribution < 1.29 is 27.5 Å². The van der Waals surface area contributed by atoms with E-state index in [1.54, 1.807) is 4.90 Å². The summed E-state index contributed by atoms with van der Waals surface area (Å²) in [5, 5.41) is 0. The number of aryl methyl sites for hydroxylation is 1. The molecule has 0 N–H and O–H groups in total. The van der Waals surface area contributed by atoms with Crippen LogP contribution in [0.25, 0.3) is 0 Å². The fourth-order valence-electron chi connectivity index (χ4n) is 3.52. The summed E-state index contributed by atoms with van der Waals surface area (Å²) in [6.07, 6.45) is -2.57. The maximum atomic E-state index is 13.2. The fourth-order valence-corrected chi connectivity index (χ4v) is 3.52. The van der Waals surface area contributed by atoms with Crippen LogP contribution in [0.1, 0.15) is 34.8 Å². The van der Waals surface area contributed by atoms with E-state index < -0.39 is 17.6 Å². The molecule has 31 heavy (non-hydrogen) atoms. The van der Waals surface area contributed by atoms with Crippen molar-refractivity contribution in [3.05, 3.63) is 65.2 Å². The van der Waals surface area contributed by atoms with Crippen molar-refractivity contribution in [2.45, 2.75) is 25.9 Å². The Kier molecular flexibility index (Phi) is 7.20. The molecule has 1 saturated heterocycles. The third-order valence-corrected chi connectivity index (χ3v) is 5.21. The molecule has 2 aromatic rings. The van der Waals surface area contributed by atoms with Crippen LogP contribution < -0.4 is 4.74 Å². The molecule has 1 aliphatic heterocycles. The van der Waals surface area contributed by atoms with Gasteiger partial charge in [0.25, 0.3) is 11.8 Å². The lowest BCUT2D eigenvalue weighted by atomic mass is 10.1. The van der Waals surface area contributed by atoms with E-state index in [2.05, 4.69) is 6.92 Å². The first-order valence-corrected chi connectivity index (χ1v) is 10.2. The topological polar surface area (TPSA) is 49.9 Å². The molecule has 0 unspecified atom stereocenters. The summed E-state index contributed by atoms with van der Waals surface area (Å²) in [4.78, 5) is 28.0. The Labute approximate surface area is 179 Å². The molecule has 0 aliphatic carbocycles. The lowest BCUT2D eigenvalue weighted by Gasteiger charge is -2.35. The average Bonchev–Trinajstić information content (AvgIpc) is 2.77. The number of piperazine rings is 1. The molecule has 3 rings (SSSR count). The number of alkyl halides is 3. The number of hydrogen-bond acceptors (Lipinski definition) is 3. The lowest BCUT2D eigenvalue weighted by molar-refractivity contribution is -0.138. The third kappa shape index (κ3) is 5.77. The molecule has 0 atom stereocenters. The number of amides is 2. The SMILES string of the molecule is CCCc1ccc(OCC(=O)N2CCN(C(=O)c3ccccc3C(F)(F)F)CC2)cc1. The van der Waals surface area contributed by atoms with Gasteiger partial charge in [0.2, 0.25) is 0 Å². The number of carbonyl (C=O) groups excluding carboxylic acids is 2. The Balaban J connectivity index is 1.52. The first-order chi connectivity index (χ1) is 14.8. The molecular weight excluding hydrogens is 409 g/mol. The Morgan fingerprint density at radius 2 is 1.55 bits per heavy atom. The number of hydrogen-bond donors (Lipinski definition) is 0. The molecule has 0 saturated carbocycles. The second-order valence-electron chi connectivity index (χ2n) is 7.40. The highest BCUT2D eigenvalue weighted by atomic mass is 19.4. The summed E-state index contributed by atoms with van der Waals surface area (Å²) in [5.74, 6) is -0.297. The number of ether oxygens (including phenoxy) is 1. The van der Waals surface area contributed by atoms with E-state index in [1.165, 1.54) is 28.7 Å². The van der Waals surface area contributed by atoms with Crippen molar-refractivity contribution in [1.82, 2.24) is 9.80 Å². The largest absolute Gasteiger partial charge is 0.484 e. The second kappa shape index (κ2) is 9.85. The molecule has 0 bridgehead atoms. The van der Waals surface area contributed by atoms with Crippen LogP contribution in [-0.2, 0) is 17.4 Å². The number of halogens is 3. The molecule has 2 aromatic carbocycles. The van der Waals surface area contributed by atoms with Gasteiger partial charge in [0.15, 0.2) is 6.61 Å². The molecule has 0 radical (unpaired) electrons. The maximum Gasteiger partial charge on any atom is 0.417 e. The van der Waals surface area contributed by atoms with Crippen LogP contribution in [0.4, 0.5) is 13.2 Å². The zero-order valence-electron chi connectivity index (χ0n) is 17.3. The van der Waals surface area contributed by atoms with Crippen LogP contribution >= 0.6 is 0 Å². The van der Waals surface area contributed by atoms with Gasteiger partial charge in [-0.15, -0.1) is 0 Å². The molecule has 8 heteroatoms. The van der Waals surface area contributed by atoms with E-state index in [-0.39, 0.29) is 44.3 Å². The minimum absolute atomic E-state index is 0.127. The van der Waals surface area contributed by atoms with Crippen molar-refractivity contribution >= 4 is 11.8 Å². The molecule has 1 aliphatic rings. The summed E-state index contributed by atoms with van der Waals surface area (Å²) in [6.45, 7) is 2.81. The maximum absolute atomic E-state index is 13.2. The summed E-state index contributed by atoms with van der Waals surface area (Å²) in [5.41, 5.74) is -0.115. The average molecular weight is 434 g/mol. The van der Waals surface area contributed by atoms with Gasteiger partial charge in [-0.3, -0.25) is 9.59 Å². The van der Waals surface area contributed by atoms with Crippen LogP contribution in [-0.4, -0.2) is 54.4 Å². The van der Waals surface area contributed by atoms with Crippen molar-refractivity contribution in [1.29, 1.82) is 0 Å². The lowest BCUT2D eigenvalue weighted by Crippen LogP contribution is -2.51. The van der Waals surface area contributed by atoms with Crippen molar-refractivity contribution in [3.63, 3.8) is 0 Å². The van der Waals surface area contributed by atoms with E-state index in [4.69, 9.17) is 4.74 Å². The Hall–Kier alpha value is -3.03. The normalized spacial score (nSPS) is 14.5. The number of benzene rings is 2. The van der Waals surface area contributed by atoms with Crippen LogP contribution in [0.5, 0.6) is 5.75 Å².